The molecular formula is C23H22F2N2O2. The lowest BCUT2D eigenvalue weighted by Gasteiger charge is -2.36. The van der Waals surface area contributed by atoms with Gasteiger partial charge in [-0.05, 0) is 30.0 Å². The Kier molecular flexibility index (Phi) is 4.52. The number of benzene rings is 2. The van der Waals surface area contributed by atoms with E-state index < -0.39 is 17.7 Å². The van der Waals surface area contributed by atoms with Crippen LogP contribution in [0.2, 0.25) is 0 Å². The third-order valence-corrected chi connectivity index (χ3v) is 5.50. The number of allylic oxidation sites excluding steroid dienone is 1. The average Bonchev–Trinajstić information content (AvgIpc) is 2.74. The second-order valence-corrected chi connectivity index (χ2v) is 8.43. The number of halogens is 2. The van der Waals surface area contributed by atoms with Crippen molar-refractivity contribution < 1.29 is 18.4 Å². The maximum Gasteiger partial charge on any atom is 0.224 e. The SMILES string of the molecule is CC(=O)N1c2ccccc2NC2=C(C(=O)CC(C)(C)C2)C1c1ccc(F)cc1F. The first-order valence-corrected chi connectivity index (χ1v) is 9.55. The first kappa shape index (κ1) is 19.3. The summed E-state index contributed by atoms with van der Waals surface area (Å²) in [5, 5.41) is 3.33. The molecule has 150 valence electrons. The Morgan fingerprint density at radius 2 is 1.86 bits per heavy atom. The molecule has 0 aromatic heterocycles. The summed E-state index contributed by atoms with van der Waals surface area (Å²) in [6, 6.07) is 9.48. The van der Waals surface area contributed by atoms with Crippen LogP contribution in [0.15, 0.2) is 53.7 Å². The average molecular weight is 396 g/mol. The van der Waals surface area contributed by atoms with Crippen LogP contribution in [0, 0.1) is 17.0 Å². The summed E-state index contributed by atoms with van der Waals surface area (Å²) in [5.74, 6) is -1.97. The second kappa shape index (κ2) is 6.79. The molecular weight excluding hydrogens is 374 g/mol. The van der Waals surface area contributed by atoms with Crippen molar-refractivity contribution in [3.05, 3.63) is 70.9 Å². The van der Waals surface area contributed by atoms with Crippen LogP contribution >= 0.6 is 0 Å². The fraction of sp³-hybridized carbons (Fsp3) is 0.304. The Labute approximate surface area is 168 Å². The monoisotopic (exact) mass is 396 g/mol. The van der Waals surface area contributed by atoms with Crippen molar-refractivity contribution in [2.45, 2.75) is 39.7 Å². The molecule has 0 spiro atoms. The number of fused-ring (bicyclic) bond motifs is 1. The van der Waals surface area contributed by atoms with Gasteiger partial charge in [0, 0.05) is 36.2 Å². The molecule has 1 amide bonds. The van der Waals surface area contributed by atoms with Crippen molar-refractivity contribution >= 4 is 23.1 Å². The molecule has 29 heavy (non-hydrogen) atoms. The van der Waals surface area contributed by atoms with E-state index in [1.165, 1.54) is 17.9 Å². The molecule has 2 aliphatic rings. The molecule has 1 aliphatic heterocycles. The van der Waals surface area contributed by atoms with Gasteiger partial charge in [-0.25, -0.2) is 8.78 Å². The minimum atomic E-state index is -0.970. The summed E-state index contributed by atoms with van der Waals surface area (Å²) in [7, 11) is 0. The minimum Gasteiger partial charge on any atom is -0.357 e. The predicted molar refractivity (Wildman–Crippen MR) is 107 cm³/mol. The number of nitrogens with one attached hydrogen (secondary N) is 1. The summed E-state index contributed by atoms with van der Waals surface area (Å²) < 4.78 is 28.5. The lowest BCUT2D eigenvalue weighted by Crippen LogP contribution is -2.38. The van der Waals surface area contributed by atoms with Crippen LogP contribution in [0.5, 0.6) is 0 Å². The third-order valence-electron chi connectivity index (χ3n) is 5.50. The van der Waals surface area contributed by atoms with E-state index in [4.69, 9.17) is 0 Å². The van der Waals surface area contributed by atoms with Crippen LogP contribution in [0.1, 0.15) is 45.2 Å². The molecule has 4 nitrogen and oxygen atoms in total. The fourth-order valence-corrected chi connectivity index (χ4v) is 4.35. The largest absolute Gasteiger partial charge is 0.357 e. The number of amides is 1. The molecule has 0 radical (unpaired) electrons. The number of nitrogens with zero attached hydrogens (tertiary/aromatic N) is 1. The van der Waals surface area contributed by atoms with E-state index in [1.807, 2.05) is 26.0 Å². The second-order valence-electron chi connectivity index (χ2n) is 8.43. The molecule has 1 aliphatic carbocycles. The molecule has 0 bridgehead atoms. The number of Topliss-reactive ketones (excluding diaryl/α,β-unsaturated/α-hetero) is 1. The number of hydrogen-bond acceptors (Lipinski definition) is 3. The number of para-hydroxylation sites is 2. The smallest absolute Gasteiger partial charge is 0.224 e. The predicted octanol–water partition coefficient (Wildman–Crippen LogP) is 5.13. The standard InChI is InChI=1S/C23H22F2N2O2/c1-13(28)27-19-7-5-4-6-17(19)26-18-11-23(2,3)12-20(29)21(18)22(27)15-9-8-14(24)10-16(15)25/h4-10,22,26H,11-12H2,1-3H3. The van der Waals surface area contributed by atoms with Gasteiger partial charge >= 0.3 is 0 Å². The van der Waals surface area contributed by atoms with E-state index in [-0.39, 0.29) is 29.1 Å². The Bertz CT molecular complexity index is 1060. The molecule has 1 atom stereocenters. The number of carbonyl (C=O) groups excluding carboxylic acids is 2. The van der Waals surface area contributed by atoms with Crippen molar-refractivity contribution in [1.29, 1.82) is 0 Å². The number of anilines is 2. The first-order valence-electron chi connectivity index (χ1n) is 9.55. The van der Waals surface area contributed by atoms with Gasteiger partial charge in [-0.3, -0.25) is 14.5 Å². The number of hydrogen-bond donors (Lipinski definition) is 1. The normalized spacial score (nSPS) is 20.5. The molecule has 1 heterocycles. The quantitative estimate of drug-likeness (QED) is 0.727. The highest BCUT2D eigenvalue weighted by molar-refractivity contribution is 6.05. The number of rotatable bonds is 1. The van der Waals surface area contributed by atoms with Gasteiger partial charge in [0.15, 0.2) is 5.78 Å². The van der Waals surface area contributed by atoms with Crippen molar-refractivity contribution in [2.75, 3.05) is 10.2 Å². The molecule has 1 unspecified atom stereocenters. The highest BCUT2D eigenvalue weighted by atomic mass is 19.1. The topological polar surface area (TPSA) is 49.4 Å². The lowest BCUT2D eigenvalue weighted by molar-refractivity contribution is -0.118. The van der Waals surface area contributed by atoms with Crippen molar-refractivity contribution in [2.24, 2.45) is 5.41 Å². The van der Waals surface area contributed by atoms with Gasteiger partial charge in [0.25, 0.3) is 0 Å². The van der Waals surface area contributed by atoms with E-state index in [0.717, 1.165) is 12.1 Å². The fourth-order valence-electron chi connectivity index (χ4n) is 4.35. The van der Waals surface area contributed by atoms with E-state index in [0.29, 0.717) is 29.1 Å². The maximum atomic E-state index is 14.9. The Balaban J connectivity index is 2.04. The Morgan fingerprint density at radius 1 is 1.14 bits per heavy atom. The molecule has 4 rings (SSSR count). The zero-order valence-electron chi connectivity index (χ0n) is 16.6. The van der Waals surface area contributed by atoms with Crippen LogP contribution < -0.4 is 10.2 Å². The van der Waals surface area contributed by atoms with Gasteiger partial charge in [0.1, 0.15) is 11.6 Å². The third kappa shape index (κ3) is 3.33. The zero-order chi connectivity index (χ0) is 20.9. The molecule has 2 aromatic rings. The van der Waals surface area contributed by atoms with Crippen LogP contribution in [0.25, 0.3) is 0 Å². The number of carbonyl (C=O) groups is 2. The van der Waals surface area contributed by atoms with Gasteiger partial charge in [-0.2, -0.15) is 0 Å². The summed E-state index contributed by atoms with van der Waals surface area (Å²) in [6.45, 7) is 5.39. The number of ketones is 1. The van der Waals surface area contributed by atoms with Crippen molar-refractivity contribution in [1.82, 2.24) is 0 Å². The van der Waals surface area contributed by atoms with Crippen molar-refractivity contribution in [3.63, 3.8) is 0 Å². The molecule has 1 N–H and O–H groups in total. The summed E-state index contributed by atoms with van der Waals surface area (Å²) in [4.78, 5) is 27.4. The summed E-state index contributed by atoms with van der Waals surface area (Å²) >= 11 is 0. The Hall–Kier alpha value is -3.02. The van der Waals surface area contributed by atoms with Gasteiger partial charge in [-0.15, -0.1) is 0 Å². The van der Waals surface area contributed by atoms with Gasteiger partial charge in [0.2, 0.25) is 5.91 Å². The van der Waals surface area contributed by atoms with E-state index in [2.05, 4.69) is 5.32 Å². The van der Waals surface area contributed by atoms with Crippen LogP contribution in [0.3, 0.4) is 0 Å². The Morgan fingerprint density at radius 3 is 2.55 bits per heavy atom. The lowest BCUT2D eigenvalue weighted by atomic mass is 9.73. The maximum absolute atomic E-state index is 14.9. The van der Waals surface area contributed by atoms with Crippen LogP contribution in [0.4, 0.5) is 20.2 Å². The van der Waals surface area contributed by atoms with Crippen LogP contribution in [-0.4, -0.2) is 11.7 Å². The van der Waals surface area contributed by atoms with E-state index in [1.54, 1.807) is 12.1 Å². The molecule has 0 saturated carbocycles. The van der Waals surface area contributed by atoms with Gasteiger partial charge in [-0.1, -0.05) is 32.0 Å². The summed E-state index contributed by atoms with van der Waals surface area (Å²) in [6.07, 6.45) is 0.863. The molecule has 6 heteroatoms. The summed E-state index contributed by atoms with van der Waals surface area (Å²) in [5.41, 5.74) is 2.09. The highest BCUT2D eigenvalue weighted by Gasteiger charge is 2.43. The minimum absolute atomic E-state index is 0.0978. The van der Waals surface area contributed by atoms with E-state index >= 15 is 0 Å². The van der Waals surface area contributed by atoms with Gasteiger partial charge in [0.05, 0.1) is 17.4 Å². The first-order chi connectivity index (χ1) is 13.7. The molecule has 0 fully saturated rings. The van der Waals surface area contributed by atoms with Crippen LogP contribution in [-0.2, 0) is 9.59 Å². The highest BCUT2D eigenvalue weighted by Crippen LogP contribution is 2.48. The van der Waals surface area contributed by atoms with E-state index in [9.17, 15) is 18.4 Å². The van der Waals surface area contributed by atoms with Gasteiger partial charge < -0.3 is 5.32 Å². The zero-order valence-corrected chi connectivity index (χ0v) is 16.6. The molecule has 0 saturated heterocycles. The van der Waals surface area contributed by atoms with Crippen molar-refractivity contribution in [3.8, 4) is 0 Å². The molecule has 2 aromatic carbocycles.